The average Bonchev–Trinajstić information content (AvgIpc) is 2.92. The second kappa shape index (κ2) is 6.85. The summed E-state index contributed by atoms with van der Waals surface area (Å²) in [7, 11) is 0. The quantitative estimate of drug-likeness (QED) is 0.863. The molecule has 1 aromatic heterocycles. The van der Waals surface area contributed by atoms with Gasteiger partial charge in [-0.3, -0.25) is 0 Å². The molecule has 1 unspecified atom stereocenters. The first-order chi connectivity index (χ1) is 10.8. The summed E-state index contributed by atoms with van der Waals surface area (Å²) in [6.45, 7) is 5.48. The van der Waals surface area contributed by atoms with E-state index in [9.17, 15) is 0 Å². The first-order valence-electron chi connectivity index (χ1n) is 8.10. The summed E-state index contributed by atoms with van der Waals surface area (Å²) < 4.78 is 7.89. The van der Waals surface area contributed by atoms with Gasteiger partial charge in [-0.05, 0) is 37.9 Å². The minimum atomic E-state index is 0.439. The van der Waals surface area contributed by atoms with Gasteiger partial charge >= 0.3 is 0 Å². The molecular formula is C18H23N3O. The van der Waals surface area contributed by atoms with Crippen LogP contribution in [0.5, 0.6) is 5.75 Å². The molecule has 1 aromatic carbocycles. The molecule has 22 heavy (non-hydrogen) atoms. The van der Waals surface area contributed by atoms with E-state index in [-0.39, 0.29) is 0 Å². The molecule has 0 amide bonds. The highest BCUT2D eigenvalue weighted by molar-refractivity contribution is 5.78. The Labute approximate surface area is 131 Å². The summed E-state index contributed by atoms with van der Waals surface area (Å²) in [4.78, 5) is 4.87. The Morgan fingerprint density at radius 1 is 1.50 bits per heavy atom. The maximum Gasteiger partial charge on any atom is 0.121 e. The number of rotatable bonds is 5. The molecule has 4 nitrogen and oxygen atoms in total. The summed E-state index contributed by atoms with van der Waals surface area (Å²) in [5.74, 6) is 5.19. The highest BCUT2D eigenvalue weighted by Crippen LogP contribution is 2.28. The van der Waals surface area contributed by atoms with Crippen molar-refractivity contribution in [2.24, 2.45) is 0 Å². The first-order valence-corrected chi connectivity index (χ1v) is 8.10. The Morgan fingerprint density at radius 3 is 3.14 bits per heavy atom. The van der Waals surface area contributed by atoms with Crippen molar-refractivity contribution < 1.29 is 4.74 Å². The third-order valence-electron chi connectivity index (χ3n) is 4.13. The van der Waals surface area contributed by atoms with Gasteiger partial charge in [-0.25, -0.2) is 4.98 Å². The van der Waals surface area contributed by atoms with Gasteiger partial charge in [0.15, 0.2) is 0 Å². The lowest BCUT2D eigenvalue weighted by Gasteiger charge is -2.22. The van der Waals surface area contributed by atoms with E-state index in [0.717, 1.165) is 48.7 Å². The van der Waals surface area contributed by atoms with E-state index < -0.39 is 0 Å². The van der Waals surface area contributed by atoms with Gasteiger partial charge < -0.3 is 14.6 Å². The molecule has 1 aliphatic heterocycles. The standard InChI is InChI=1S/C18H23N3O/c1-3-10-21-17-8-7-15(22-11-4-2)12-16(17)20-18(21)14-6-5-9-19-13-14/h1,7-8,12,14,19H,4-6,9-11,13H2,2H3. The third kappa shape index (κ3) is 2.95. The van der Waals surface area contributed by atoms with Gasteiger partial charge in [-0.2, -0.15) is 0 Å². The normalized spacial score (nSPS) is 18.3. The number of benzene rings is 1. The largest absolute Gasteiger partial charge is 0.494 e. The zero-order chi connectivity index (χ0) is 15.4. The molecule has 2 aromatic rings. The predicted octanol–water partition coefficient (Wildman–Crippen LogP) is 2.93. The van der Waals surface area contributed by atoms with E-state index in [4.69, 9.17) is 16.1 Å². The van der Waals surface area contributed by atoms with Crippen LogP contribution in [-0.2, 0) is 6.54 Å². The number of ether oxygens (including phenoxy) is 1. The molecule has 0 spiro atoms. The van der Waals surface area contributed by atoms with Crippen LogP contribution in [0.2, 0.25) is 0 Å². The van der Waals surface area contributed by atoms with Gasteiger partial charge in [-0.1, -0.05) is 12.8 Å². The van der Waals surface area contributed by atoms with Gasteiger partial charge in [0, 0.05) is 18.5 Å². The Morgan fingerprint density at radius 2 is 2.41 bits per heavy atom. The van der Waals surface area contributed by atoms with Crippen LogP contribution < -0.4 is 10.1 Å². The SMILES string of the molecule is C#CCn1c(C2CCCNC2)nc2cc(OCCC)ccc21. The van der Waals surface area contributed by atoms with Crippen LogP contribution in [0.25, 0.3) is 11.0 Å². The van der Waals surface area contributed by atoms with Crippen molar-refractivity contribution in [3.05, 3.63) is 24.0 Å². The number of aromatic nitrogens is 2. The smallest absolute Gasteiger partial charge is 0.121 e. The third-order valence-corrected chi connectivity index (χ3v) is 4.13. The number of hydrogen-bond donors (Lipinski definition) is 1. The van der Waals surface area contributed by atoms with Gasteiger partial charge in [-0.15, -0.1) is 6.42 Å². The number of piperidine rings is 1. The van der Waals surface area contributed by atoms with Crippen molar-refractivity contribution in [2.45, 2.75) is 38.6 Å². The maximum absolute atomic E-state index is 5.72. The summed E-state index contributed by atoms with van der Waals surface area (Å²) in [6.07, 6.45) is 8.92. The molecule has 0 aliphatic carbocycles. The molecule has 1 aliphatic rings. The first kappa shape index (κ1) is 14.9. The molecule has 1 fully saturated rings. The van der Waals surface area contributed by atoms with Crippen molar-refractivity contribution in [3.8, 4) is 18.1 Å². The lowest BCUT2D eigenvalue weighted by molar-refractivity contribution is 0.318. The van der Waals surface area contributed by atoms with Gasteiger partial charge in [0.1, 0.15) is 11.6 Å². The summed E-state index contributed by atoms with van der Waals surface area (Å²) in [5, 5.41) is 3.46. The zero-order valence-corrected chi connectivity index (χ0v) is 13.1. The van der Waals surface area contributed by atoms with Crippen LogP contribution in [0.15, 0.2) is 18.2 Å². The number of imidazole rings is 1. The topological polar surface area (TPSA) is 39.1 Å². The molecule has 0 saturated carbocycles. The molecule has 1 N–H and O–H groups in total. The van der Waals surface area contributed by atoms with Crippen LogP contribution in [0.3, 0.4) is 0 Å². The minimum absolute atomic E-state index is 0.439. The Kier molecular flexibility index (Phi) is 4.65. The molecular weight excluding hydrogens is 274 g/mol. The highest BCUT2D eigenvalue weighted by Gasteiger charge is 2.22. The fourth-order valence-electron chi connectivity index (χ4n) is 3.08. The van der Waals surface area contributed by atoms with E-state index in [2.05, 4.69) is 28.8 Å². The van der Waals surface area contributed by atoms with E-state index >= 15 is 0 Å². The molecule has 0 bridgehead atoms. The molecule has 2 heterocycles. The maximum atomic E-state index is 5.72. The van der Waals surface area contributed by atoms with E-state index in [1.807, 2.05) is 12.1 Å². The van der Waals surface area contributed by atoms with Crippen LogP contribution in [0, 0.1) is 12.3 Å². The second-order valence-corrected chi connectivity index (χ2v) is 5.80. The van der Waals surface area contributed by atoms with Crippen LogP contribution in [-0.4, -0.2) is 29.2 Å². The summed E-state index contributed by atoms with van der Waals surface area (Å²) in [5.41, 5.74) is 2.08. The van der Waals surface area contributed by atoms with Crippen LogP contribution >= 0.6 is 0 Å². The molecule has 1 saturated heterocycles. The van der Waals surface area contributed by atoms with Crippen molar-refractivity contribution >= 4 is 11.0 Å². The fourth-order valence-corrected chi connectivity index (χ4v) is 3.08. The Bertz CT molecular complexity index is 677. The number of terminal acetylenes is 1. The number of hydrogen-bond acceptors (Lipinski definition) is 3. The van der Waals surface area contributed by atoms with Crippen molar-refractivity contribution in [2.75, 3.05) is 19.7 Å². The highest BCUT2D eigenvalue weighted by atomic mass is 16.5. The Balaban J connectivity index is 1.99. The Hall–Kier alpha value is -1.99. The molecule has 4 heteroatoms. The molecule has 0 radical (unpaired) electrons. The van der Waals surface area contributed by atoms with E-state index in [1.54, 1.807) is 0 Å². The zero-order valence-electron chi connectivity index (χ0n) is 13.1. The summed E-state index contributed by atoms with van der Waals surface area (Å²) >= 11 is 0. The van der Waals surface area contributed by atoms with E-state index in [1.165, 1.54) is 12.8 Å². The predicted molar refractivity (Wildman–Crippen MR) is 89.2 cm³/mol. The van der Waals surface area contributed by atoms with Gasteiger partial charge in [0.25, 0.3) is 0 Å². The van der Waals surface area contributed by atoms with Crippen molar-refractivity contribution in [3.63, 3.8) is 0 Å². The van der Waals surface area contributed by atoms with E-state index in [0.29, 0.717) is 12.5 Å². The molecule has 1 atom stereocenters. The minimum Gasteiger partial charge on any atom is -0.494 e. The molecule has 3 rings (SSSR count). The lowest BCUT2D eigenvalue weighted by Crippen LogP contribution is -2.30. The van der Waals surface area contributed by atoms with Crippen LogP contribution in [0.1, 0.15) is 37.9 Å². The number of fused-ring (bicyclic) bond motifs is 1. The van der Waals surface area contributed by atoms with Gasteiger partial charge in [0.2, 0.25) is 0 Å². The van der Waals surface area contributed by atoms with Crippen LogP contribution in [0.4, 0.5) is 0 Å². The fraction of sp³-hybridized carbons (Fsp3) is 0.500. The second-order valence-electron chi connectivity index (χ2n) is 5.80. The van der Waals surface area contributed by atoms with Crippen molar-refractivity contribution in [1.29, 1.82) is 0 Å². The van der Waals surface area contributed by atoms with Gasteiger partial charge in [0.05, 0.1) is 24.2 Å². The number of nitrogens with zero attached hydrogens (tertiary/aromatic N) is 2. The number of nitrogens with one attached hydrogen (secondary N) is 1. The molecule has 116 valence electrons. The van der Waals surface area contributed by atoms with Crippen molar-refractivity contribution in [1.82, 2.24) is 14.9 Å². The summed E-state index contributed by atoms with van der Waals surface area (Å²) in [6, 6.07) is 6.11. The monoisotopic (exact) mass is 297 g/mol. The lowest BCUT2D eigenvalue weighted by atomic mass is 9.99. The average molecular weight is 297 g/mol.